The predicted octanol–water partition coefficient (Wildman–Crippen LogP) is 3.22. The lowest BCUT2D eigenvalue weighted by Gasteiger charge is -2.36. The summed E-state index contributed by atoms with van der Waals surface area (Å²) >= 11 is 5.92. The second-order valence-corrected chi connectivity index (χ2v) is 9.99. The number of pyridine rings is 1. The topological polar surface area (TPSA) is 121 Å². The van der Waals surface area contributed by atoms with Crippen molar-refractivity contribution in [2.24, 2.45) is 14.1 Å². The maximum Gasteiger partial charge on any atom is 0.356 e. The van der Waals surface area contributed by atoms with E-state index >= 15 is 0 Å². The molecule has 1 atom stereocenters. The fourth-order valence-corrected chi connectivity index (χ4v) is 5.03. The standard InChI is InChI=1S/C26H29ClN8O3/c1-15-11-17(16(2)29-19-5-6-20(27)30-23(19)25(37)38)22-18(12-15)24(36)33(4)26(31-22)35-9-7-34(8-10-35)21-13-32(3)14-28-21/h5-6,11-14,16,29H,7-10H2,1-4H3,(H,37,38)/t16-/m1/s1. The van der Waals surface area contributed by atoms with Crippen LogP contribution in [0.4, 0.5) is 17.5 Å². The Labute approximate surface area is 224 Å². The molecule has 1 aliphatic rings. The van der Waals surface area contributed by atoms with Crippen LogP contribution in [0.1, 0.15) is 34.6 Å². The largest absolute Gasteiger partial charge is 0.476 e. The van der Waals surface area contributed by atoms with Gasteiger partial charge in [-0.1, -0.05) is 17.7 Å². The highest BCUT2D eigenvalue weighted by atomic mass is 35.5. The molecule has 0 radical (unpaired) electrons. The summed E-state index contributed by atoms with van der Waals surface area (Å²) in [6.45, 7) is 6.72. The molecule has 3 aromatic heterocycles. The van der Waals surface area contributed by atoms with E-state index in [0.717, 1.165) is 30.0 Å². The number of nitrogens with zero attached hydrogens (tertiary/aromatic N) is 7. The van der Waals surface area contributed by atoms with Gasteiger partial charge in [0, 0.05) is 52.0 Å². The van der Waals surface area contributed by atoms with Gasteiger partial charge < -0.3 is 24.8 Å². The Balaban J connectivity index is 1.50. The second-order valence-electron chi connectivity index (χ2n) is 9.60. The number of carboxylic acids is 1. The summed E-state index contributed by atoms with van der Waals surface area (Å²) in [6.07, 6.45) is 3.78. The van der Waals surface area contributed by atoms with E-state index in [4.69, 9.17) is 16.6 Å². The lowest BCUT2D eigenvalue weighted by atomic mass is 10.0. The van der Waals surface area contributed by atoms with E-state index in [0.29, 0.717) is 35.6 Å². The van der Waals surface area contributed by atoms with Crippen molar-refractivity contribution in [2.75, 3.05) is 41.3 Å². The molecule has 0 amide bonds. The first kappa shape index (κ1) is 25.5. The number of anilines is 3. The quantitative estimate of drug-likeness (QED) is 0.358. The highest BCUT2D eigenvalue weighted by Crippen LogP contribution is 2.29. The molecule has 12 heteroatoms. The van der Waals surface area contributed by atoms with Crippen LogP contribution in [0.5, 0.6) is 0 Å². The number of benzene rings is 1. The first-order valence-electron chi connectivity index (χ1n) is 12.3. The third-order valence-electron chi connectivity index (χ3n) is 6.81. The van der Waals surface area contributed by atoms with Gasteiger partial charge in [0.2, 0.25) is 5.95 Å². The van der Waals surface area contributed by atoms with Crippen molar-refractivity contribution in [2.45, 2.75) is 19.9 Å². The number of imidazole rings is 1. The summed E-state index contributed by atoms with van der Waals surface area (Å²) in [5, 5.41) is 13.4. The second kappa shape index (κ2) is 9.97. The Kier molecular flexibility index (Phi) is 6.70. The molecule has 38 heavy (non-hydrogen) atoms. The molecule has 0 saturated carbocycles. The number of carboxylic acid groups (broad SMARTS) is 1. The van der Waals surface area contributed by atoms with Crippen LogP contribution in [0.3, 0.4) is 0 Å². The van der Waals surface area contributed by atoms with Crippen LogP contribution < -0.4 is 20.7 Å². The van der Waals surface area contributed by atoms with Crippen LogP contribution in [-0.4, -0.2) is 61.3 Å². The average Bonchev–Trinajstić information content (AvgIpc) is 3.33. The Morgan fingerprint density at radius 3 is 2.47 bits per heavy atom. The molecule has 1 fully saturated rings. The number of aryl methyl sites for hydroxylation is 2. The summed E-state index contributed by atoms with van der Waals surface area (Å²) < 4.78 is 3.53. The zero-order valence-corrected chi connectivity index (χ0v) is 22.4. The van der Waals surface area contributed by atoms with Crippen molar-refractivity contribution in [3.05, 3.63) is 69.1 Å². The number of fused-ring (bicyclic) bond motifs is 1. The van der Waals surface area contributed by atoms with Crippen molar-refractivity contribution in [3.8, 4) is 0 Å². The molecule has 1 aliphatic heterocycles. The third-order valence-corrected chi connectivity index (χ3v) is 7.02. The number of hydrogen-bond donors (Lipinski definition) is 2. The average molecular weight is 537 g/mol. The fourth-order valence-electron chi connectivity index (χ4n) is 4.88. The van der Waals surface area contributed by atoms with Crippen molar-refractivity contribution in [1.29, 1.82) is 0 Å². The molecule has 11 nitrogen and oxygen atoms in total. The van der Waals surface area contributed by atoms with Gasteiger partial charge in [-0.2, -0.15) is 0 Å². The van der Waals surface area contributed by atoms with E-state index in [-0.39, 0.29) is 22.4 Å². The van der Waals surface area contributed by atoms with Gasteiger partial charge in [0.1, 0.15) is 11.0 Å². The van der Waals surface area contributed by atoms with E-state index in [1.807, 2.05) is 43.8 Å². The van der Waals surface area contributed by atoms with E-state index in [1.165, 1.54) is 6.07 Å². The Hall–Kier alpha value is -4.12. The minimum absolute atomic E-state index is 0.0968. The molecule has 1 aromatic carbocycles. The van der Waals surface area contributed by atoms with Crippen LogP contribution in [0.25, 0.3) is 10.9 Å². The van der Waals surface area contributed by atoms with E-state index in [2.05, 4.69) is 25.1 Å². The highest BCUT2D eigenvalue weighted by molar-refractivity contribution is 6.29. The zero-order valence-electron chi connectivity index (χ0n) is 21.6. The van der Waals surface area contributed by atoms with Crippen LogP contribution in [-0.2, 0) is 14.1 Å². The minimum atomic E-state index is -1.18. The van der Waals surface area contributed by atoms with E-state index in [9.17, 15) is 14.7 Å². The summed E-state index contributed by atoms with van der Waals surface area (Å²) in [5.41, 5.74) is 2.31. The maximum atomic E-state index is 13.5. The van der Waals surface area contributed by atoms with Gasteiger partial charge in [-0.15, -0.1) is 0 Å². The van der Waals surface area contributed by atoms with Crippen LogP contribution in [0, 0.1) is 6.92 Å². The van der Waals surface area contributed by atoms with E-state index < -0.39 is 5.97 Å². The highest BCUT2D eigenvalue weighted by Gasteiger charge is 2.24. The molecular formula is C26H29ClN8O3. The predicted molar refractivity (Wildman–Crippen MR) is 148 cm³/mol. The minimum Gasteiger partial charge on any atom is -0.476 e. The van der Waals surface area contributed by atoms with Gasteiger partial charge in [-0.25, -0.2) is 19.7 Å². The molecule has 198 valence electrons. The van der Waals surface area contributed by atoms with Crippen molar-refractivity contribution in [1.82, 2.24) is 24.1 Å². The smallest absolute Gasteiger partial charge is 0.356 e. The molecule has 4 heterocycles. The van der Waals surface area contributed by atoms with Gasteiger partial charge in [0.25, 0.3) is 5.56 Å². The zero-order chi connectivity index (χ0) is 27.1. The summed E-state index contributed by atoms with van der Waals surface area (Å²) in [7, 11) is 3.69. The number of halogens is 1. The van der Waals surface area contributed by atoms with Gasteiger partial charge in [-0.05, 0) is 37.6 Å². The molecule has 0 spiro atoms. The van der Waals surface area contributed by atoms with Crippen LogP contribution in [0.2, 0.25) is 5.15 Å². The lowest BCUT2D eigenvalue weighted by molar-refractivity contribution is 0.0691. The number of hydrogen-bond acceptors (Lipinski definition) is 8. The van der Waals surface area contributed by atoms with Gasteiger partial charge in [0.15, 0.2) is 5.69 Å². The molecule has 0 unspecified atom stereocenters. The molecule has 1 saturated heterocycles. The van der Waals surface area contributed by atoms with Crippen LogP contribution in [0.15, 0.2) is 41.6 Å². The summed E-state index contributed by atoms with van der Waals surface area (Å²) in [4.78, 5) is 43.0. The number of carbonyl (C=O) groups is 1. The number of rotatable bonds is 6. The SMILES string of the molecule is Cc1cc([C@@H](C)Nc2ccc(Cl)nc2C(=O)O)c2nc(N3CCN(c4cn(C)cn4)CC3)n(C)c(=O)c2c1. The summed E-state index contributed by atoms with van der Waals surface area (Å²) in [6, 6.07) is 6.57. The molecule has 5 rings (SSSR count). The molecular weight excluding hydrogens is 508 g/mol. The number of aromatic carboxylic acids is 1. The number of aromatic nitrogens is 5. The van der Waals surface area contributed by atoms with Crippen molar-refractivity contribution >= 4 is 45.9 Å². The molecule has 0 aliphatic carbocycles. The fraction of sp³-hybridized carbons (Fsp3) is 0.346. The Morgan fingerprint density at radius 2 is 1.82 bits per heavy atom. The van der Waals surface area contributed by atoms with Crippen LogP contribution >= 0.6 is 11.6 Å². The third kappa shape index (κ3) is 4.76. The normalized spacial score (nSPS) is 14.7. The first-order chi connectivity index (χ1) is 18.1. The number of nitrogens with one attached hydrogen (secondary N) is 1. The monoisotopic (exact) mass is 536 g/mol. The van der Waals surface area contributed by atoms with Gasteiger partial charge in [0.05, 0.1) is 29.0 Å². The maximum absolute atomic E-state index is 13.5. The lowest BCUT2D eigenvalue weighted by Crippen LogP contribution is -2.48. The van der Waals surface area contributed by atoms with Gasteiger partial charge >= 0.3 is 5.97 Å². The van der Waals surface area contributed by atoms with Crippen molar-refractivity contribution in [3.63, 3.8) is 0 Å². The molecule has 4 aromatic rings. The Bertz CT molecular complexity index is 1590. The number of piperazine rings is 1. The van der Waals surface area contributed by atoms with Gasteiger partial charge in [-0.3, -0.25) is 9.36 Å². The first-order valence-corrected chi connectivity index (χ1v) is 12.7. The molecule has 0 bridgehead atoms. The van der Waals surface area contributed by atoms with E-state index in [1.54, 1.807) is 24.0 Å². The summed E-state index contributed by atoms with van der Waals surface area (Å²) in [5.74, 6) is 0.345. The van der Waals surface area contributed by atoms with Crippen molar-refractivity contribution < 1.29 is 9.90 Å². The Morgan fingerprint density at radius 1 is 1.11 bits per heavy atom. The molecule has 2 N–H and O–H groups in total.